The van der Waals surface area contributed by atoms with Crippen molar-refractivity contribution in [1.82, 2.24) is 4.90 Å². The quantitative estimate of drug-likeness (QED) is 0.577. The second kappa shape index (κ2) is 4.70. The second-order valence-electron chi connectivity index (χ2n) is 3.37. The Labute approximate surface area is 68.7 Å². The van der Waals surface area contributed by atoms with Gasteiger partial charge in [0, 0.05) is 19.9 Å². The maximum absolute atomic E-state index is 5.51. The van der Waals surface area contributed by atoms with Gasteiger partial charge in [-0.15, -0.1) is 0 Å². The van der Waals surface area contributed by atoms with E-state index in [1.54, 1.807) is 0 Å². The molecule has 0 spiro atoms. The van der Waals surface area contributed by atoms with Crippen LogP contribution in [0.4, 0.5) is 0 Å². The van der Waals surface area contributed by atoms with Gasteiger partial charge in [0.2, 0.25) is 0 Å². The van der Waals surface area contributed by atoms with Crippen molar-refractivity contribution in [2.45, 2.75) is 25.7 Å². The van der Waals surface area contributed by atoms with E-state index >= 15 is 0 Å². The van der Waals surface area contributed by atoms with E-state index in [9.17, 15) is 0 Å². The van der Waals surface area contributed by atoms with Crippen molar-refractivity contribution in [1.29, 1.82) is 0 Å². The predicted octanol–water partition coefficient (Wildman–Crippen LogP) is 0.311. The van der Waals surface area contributed by atoms with E-state index in [0.717, 1.165) is 12.5 Å². The molecule has 1 fully saturated rings. The maximum Gasteiger partial charge on any atom is 0.0467 e. The van der Waals surface area contributed by atoms with Crippen LogP contribution in [0.2, 0.25) is 0 Å². The average Bonchev–Trinajstić information content (AvgIpc) is 2.52. The zero-order valence-corrected chi connectivity index (χ0v) is 7.13. The molecule has 11 heavy (non-hydrogen) atoms. The van der Waals surface area contributed by atoms with E-state index in [1.807, 2.05) is 0 Å². The zero-order valence-electron chi connectivity index (χ0n) is 7.13. The topological polar surface area (TPSA) is 55.3 Å². The first-order chi connectivity index (χ1) is 5.36. The fourth-order valence-corrected chi connectivity index (χ4v) is 1.78. The van der Waals surface area contributed by atoms with Crippen molar-refractivity contribution < 1.29 is 0 Å². The molecule has 0 aromatic rings. The van der Waals surface area contributed by atoms with Crippen LogP contribution in [-0.4, -0.2) is 24.8 Å². The first kappa shape index (κ1) is 8.97. The molecule has 0 amide bonds. The highest BCUT2D eigenvalue weighted by molar-refractivity contribution is 4.70. The molecule has 66 valence electrons. The van der Waals surface area contributed by atoms with Crippen LogP contribution in [0.5, 0.6) is 0 Å². The Morgan fingerprint density at radius 1 is 1.09 bits per heavy atom. The SMILES string of the molecule is NCN(CN)CC1CCCC1. The summed E-state index contributed by atoms with van der Waals surface area (Å²) in [6.07, 6.45) is 5.54. The highest BCUT2D eigenvalue weighted by Crippen LogP contribution is 2.24. The minimum absolute atomic E-state index is 0.604. The third-order valence-electron chi connectivity index (χ3n) is 2.51. The molecule has 0 aromatic heterocycles. The molecule has 1 saturated carbocycles. The fraction of sp³-hybridized carbons (Fsp3) is 1.00. The summed E-state index contributed by atoms with van der Waals surface area (Å²) in [4.78, 5) is 2.11. The molecule has 1 aliphatic rings. The molecule has 0 aromatic carbocycles. The van der Waals surface area contributed by atoms with Gasteiger partial charge in [0.15, 0.2) is 0 Å². The summed E-state index contributed by atoms with van der Waals surface area (Å²) in [6.45, 7) is 2.31. The lowest BCUT2D eigenvalue weighted by atomic mass is 10.1. The lowest BCUT2D eigenvalue weighted by Crippen LogP contribution is -2.38. The Morgan fingerprint density at radius 3 is 2.09 bits per heavy atom. The van der Waals surface area contributed by atoms with E-state index < -0.39 is 0 Å². The Morgan fingerprint density at radius 2 is 1.64 bits per heavy atom. The van der Waals surface area contributed by atoms with Crippen LogP contribution in [0.15, 0.2) is 0 Å². The van der Waals surface area contributed by atoms with Crippen LogP contribution in [0.25, 0.3) is 0 Å². The molecule has 0 radical (unpaired) electrons. The van der Waals surface area contributed by atoms with E-state index in [4.69, 9.17) is 11.5 Å². The second-order valence-corrected chi connectivity index (χ2v) is 3.37. The van der Waals surface area contributed by atoms with Gasteiger partial charge in [-0.1, -0.05) is 12.8 Å². The normalized spacial score (nSPS) is 19.9. The van der Waals surface area contributed by atoms with Crippen molar-refractivity contribution in [2.75, 3.05) is 19.9 Å². The summed E-state index contributed by atoms with van der Waals surface area (Å²) in [5.74, 6) is 0.863. The summed E-state index contributed by atoms with van der Waals surface area (Å²) in [5, 5.41) is 0. The fourth-order valence-electron chi connectivity index (χ4n) is 1.78. The van der Waals surface area contributed by atoms with Crippen molar-refractivity contribution in [2.24, 2.45) is 17.4 Å². The molecule has 0 bridgehead atoms. The van der Waals surface area contributed by atoms with Crippen LogP contribution in [0.1, 0.15) is 25.7 Å². The van der Waals surface area contributed by atoms with Gasteiger partial charge in [0.1, 0.15) is 0 Å². The molecular weight excluding hydrogens is 138 g/mol. The lowest BCUT2D eigenvalue weighted by molar-refractivity contribution is 0.243. The minimum Gasteiger partial charge on any atom is -0.318 e. The highest BCUT2D eigenvalue weighted by atomic mass is 15.2. The van der Waals surface area contributed by atoms with Crippen LogP contribution >= 0.6 is 0 Å². The third kappa shape index (κ3) is 2.77. The van der Waals surface area contributed by atoms with Gasteiger partial charge in [-0.3, -0.25) is 4.90 Å². The van der Waals surface area contributed by atoms with Gasteiger partial charge in [0.25, 0.3) is 0 Å². The molecule has 0 atom stereocenters. The molecule has 3 nitrogen and oxygen atoms in total. The monoisotopic (exact) mass is 157 g/mol. The number of hydrogen-bond acceptors (Lipinski definition) is 3. The average molecular weight is 157 g/mol. The van der Waals surface area contributed by atoms with Gasteiger partial charge in [-0.05, 0) is 18.8 Å². The van der Waals surface area contributed by atoms with Crippen LogP contribution in [0, 0.1) is 5.92 Å². The summed E-state index contributed by atoms with van der Waals surface area (Å²) in [7, 11) is 0. The molecule has 0 saturated heterocycles. The van der Waals surface area contributed by atoms with Gasteiger partial charge >= 0.3 is 0 Å². The Bertz CT molecular complexity index is 95.5. The van der Waals surface area contributed by atoms with Gasteiger partial charge < -0.3 is 11.5 Å². The van der Waals surface area contributed by atoms with Crippen molar-refractivity contribution in [3.8, 4) is 0 Å². The molecular formula is C8H19N3. The number of hydrogen-bond donors (Lipinski definition) is 2. The molecule has 4 N–H and O–H groups in total. The smallest absolute Gasteiger partial charge is 0.0467 e. The Balaban J connectivity index is 2.16. The molecule has 1 rings (SSSR count). The first-order valence-electron chi connectivity index (χ1n) is 4.49. The molecule has 0 aliphatic heterocycles. The standard InChI is InChI=1S/C8H19N3/c9-6-11(7-10)5-8-3-1-2-4-8/h8H,1-7,9-10H2. The molecule has 0 unspecified atom stereocenters. The van der Waals surface area contributed by atoms with Gasteiger partial charge in [-0.25, -0.2) is 0 Å². The summed E-state index contributed by atoms with van der Waals surface area (Å²) in [5.41, 5.74) is 11.0. The van der Waals surface area contributed by atoms with E-state index in [0.29, 0.717) is 13.3 Å². The zero-order chi connectivity index (χ0) is 8.10. The molecule has 3 heteroatoms. The predicted molar refractivity (Wildman–Crippen MR) is 46.8 cm³/mol. The van der Waals surface area contributed by atoms with E-state index in [1.165, 1.54) is 25.7 Å². The molecule has 1 aliphatic carbocycles. The van der Waals surface area contributed by atoms with E-state index in [2.05, 4.69) is 4.90 Å². The minimum atomic E-state index is 0.604. The van der Waals surface area contributed by atoms with Crippen LogP contribution < -0.4 is 11.5 Å². The Hall–Kier alpha value is -0.120. The first-order valence-corrected chi connectivity index (χ1v) is 4.49. The maximum atomic E-state index is 5.51. The van der Waals surface area contributed by atoms with Gasteiger partial charge in [0.05, 0.1) is 0 Å². The highest BCUT2D eigenvalue weighted by Gasteiger charge is 2.16. The third-order valence-corrected chi connectivity index (χ3v) is 2.51. The summed E-state index contributed by atoms with van der Waals surface area (Å²) >= 11 is 0. The Kier molecular flexibility index (Phi) is 3.83. The van der Waals surface area contributed by atoms with Crippen molar-refractivity contribution >= 4 is 0 Å². The molecule has 0 heterocycles. The van der Waals surface area contributed by atoms with E-state index in [-0.39, 0.29) is 0 Å². The number of rotatable bonds is 4. The van der Waals surface area contributed by atoms with Crippen molar-refractivity contribution in [3.63, 3.8) is 0 Å². The summed E-state index contributed by atoms with van der Waals surface area (Å²) < 4.78 is 0. The van der Waals surface area contributed by atoms with Crippen LogP contribution in [0.3, 0.4) is 0 Å². The van der Waals surface area contributed by atoms with Gasteiger partial charge in [-0.2, -0.15) is 0 Å². The number of nitrogens with two attached hydrogens (primary N) is 2. The van der Waals surface area contributed by atoms with Crippen LogP contribution in [-0.2, 0) is 0 Å². The summed E-state index contributed by atoms with van der Waals surface area (Å²) in [6, 6.07) is 0. The largest absolute Gasteiger partial charge is 0.318 e. The van der Waals surface area contributed by atoms with Crippen molar-refractivity contribution in [3.05, 3.63) is 0 Å². The number of nitrogens with zero attached hydrogens (tertiary/aromatic N) is 1. The lowest BCUT2D eigenvalue weighted by Gasteiger charge is -2.21.